The fourth-order valence-electron chi connectivity index (χ4n) is 0.823. The molecule has 0 unspecified atom stereocenters. The number of nitriles is 1. The number of nitrogens with one attached hydrogen (secondary N) is 1. The maximum atomic E-state index is 8.33. The van der Waals surface area contributed by atoms with Crippen molar-refractivity contribution in [3.63, 3.8) is 0 Å². The molecule has 0 aromatic carbocycles. The molecule has 62 valence electrons. The highest BCUT2D eigenvalue weighted by molar-refractivity contribution is 6.29. The van der Waals surface area contributed by atoms with E-state index in [2.05, 4.69) is 10.3 Å². The van der Waals surface area contributed by atoms with Crippen LogP contribution in [0.3, 0.4) is 0 Å². The minimum atomic E-state index is 0.279. The number of hydrogen-bond donors (Lipinski definition) is 1. The lowest BCUT2D eigenvalue weighted by molar-refractivity contribution is 1.23. The standard InChI is InChI=1S/C8H8ClN3/c1-6-5-12-8(9)4-7(6)11-3-2-10/h4-5H,3H2,1H3,(H,11,12). The van der Waals surface area contributed by atoms with Gasteiger partial charge >= 0.3 is 0 Å². The van der Waals surface area contributed by atoms with Gasteiger partial charge in [0.05, 0.1) is 6.07 Å². The molecule has 3 nitrogen and oxygen atoms in total. The molecule has 0 bridgehead atoms. The zero-order valence-electron chi connectivity index (χ0n) is 6.63. The molecule has 12 heavy (non-hydrogen) atoms. The quantitative estimate of drug-likeness (QED) is 0.561. The molecule has 0 saturated heterocycles. The molecule has 0 aliphatic heterocycles. The average molecular weight is 182 g/mol. The highest BCUT2D eigenvalue weighted by atomic mass is 35.5. The number of aromatic nitrogens is 1. The van der Waals surface area contributed by atoms with Gasteiger partial charge in [-0.3, -0.25) is 0 Å². The SMILES string of the molecule is Cc1cnc(Cl)cc1NCC#N. The van der Waals surface area contributed by atoms with E-state index < -0.39 is 0 Å². The maximum absolute atomic E-state index is 8.33. The van der Waals surface area contributed by atoms with Crippen LogP contribution in [-0.2, 0) is 0 Å². The highest BCUT2D eigenvalue weighted by Crippen LogP contribution is 2.16. The summed E-state index contributed by atoms with van der Waals surface area (Å²) in [4.78, 5) is 3.89. The molecule has 0 radical (unpaired) electrons. The van der Waals surface area contributed by atoms with Gasteiger partial charge in [0.15, 0.2) is 0 Å². The van der Waals surface area contributed by atoms with Crippen molar-refractivity contribution in [2.75, 3.05) is 11.9 Å². The van der Waals surface area contributed by atoms with Gasteiger partial charge in [-0.2, -0.15) is 5.26 Å². The summed E-state index contributed by atoms with van der Waals surface area (Å²) in [5.74, 6) is 0. The fraction of sp³-hybridized carbons (Fsp3) is 0.250. The van der Waals surface area contributed by atoms with Crippen LogP contribution in [0.5, 0.6) is 0 Å². The molecule has 1 N–H and O–H groups in total. The monoisotopic (exact) mass is 181 g/mol. The first-order valence-corrected chi connectivity index (χ1v) is 3.85. The molecule has 0 aliphatic carbocycles. The Labute approximate surface area is 76.0 Å². The number of halogens is 1. The zero-order chi connectivity index (χ0) is 8.97. The number of hydrogen-bond acceptors (Lipinski definition) is 3. The summed E-state index contributed by atoms with van der Waals surface area (Å²) in [6, 6.07) is 3.69. The molecule has 0 fully saturated rings. The molecule has 1 rings (SSSR count). The van der Waals surface area contributed by atoms with Crippen LogP contribution < -0.4 is 5.32 Å². The van der Waals surface area contributed by atoms with Crippen LogP contribution in [0.4, 0.5) is 5.69 Å². The molecule has 0 saturated carbocycles. The van der Waals surface area contributed by atoms with Crippen molar-refractivity contribution in [3.05, 3.63) is 23.0 Å². The summed E-state index contributed by atoms with van der Waals surface area (Å²) in [6.07, 6.45) is 1.67. The van der Waals surface area contributed by atoms with E-state index in [1.165, 1.54) is 0 Å². The third-order valence-electron chi connectivity index (χ3n) is 1.43. The topological polar surface area (TPSA) is 48.7 Å². The van der Waals surface area contributed by atoms with Gasteiger partial charge in [-0.15, -0.1) is 0 Å². The number of aryl methyl sites for hydroxylation is 1. The van der Waals surface area contributed by atoms with Crippen molar-refractivity contribution in [2.45, 2.75) is 6.92 Å². The van der Waals surface area contributed by atoms with E-state index in [-0.39, 0.29) is 6.54 Å². The Balaban J connectivity index is 2.84. The number of pyridine rings is 1. The van der Waals surface area contributed by atoms with Gasteiger partial charge < -0.3 is 5.32 Å². The minimum Gasteiger partial charge on any atom is -0.372 e. The Morgan fingerprint density at radius 1 is 1.75 bits per heavy atom. The van der Waals surface area contributed by atoms with E-state index >= 15 is 0 Å². The first-order valence-electron chi connectivity index (χ1n) is 3.47. The van der Waals surface area contributed by atoms with Gasteiger partial charge in [0.2, 0.25) is 0 Å². The van der Waals surface area contributed by atoms with Gasteiger partial charge in [0.25, 0.3) is 0 Å². The Hall–Kier alpha value is -1.27. The Kier molecular flexibility index (Phi) is 2.89. The number of nitrogens with zero attached hydrogens (tertiary/aromatic N) is 2. The summed E-state index contributed by atoms with van der Waals surface area (Å²) in [7, 11) is 0. The molecule has 4 heteroatoms. The Bertz CT molecular complexity index is 317. The summed E-state index contributed by atoms with van der Waals surface area (Å²) in [6.45, 7) is 2.18. The van der Waals surface area contributed by atoms with Crippen LogP contribution in [0.1, 0.15) is 5.56 Å². The summed E-state index contributed by atoms with van der Waals surface area (Å²) in [5, 5.41) is 11.7. The molecule has 0 spiro atoms. The van der Waals surface area contributed by atoms with Crippen molar-refractivity contribution >= 4 is 17.3 Å². The van der Waals surface area contributed by atoms with Gasteiger partial charge in [-0.1, -0.05) is 11.6 Å². The molecular formula is C8H8ClN3. The number of rotatable bonds is 2. The highest BCUT2D eigenvalue weighted by Gasteiger charge is 1.98. The zero-order valence-corrected chi connectivity index (χ0v) is 7.39. The fourth-order valence-corrected chi connectivity index (χ4v) is 0.981. The number of anilines is 1. The predicted molar refractivity (Wildman–Crippen MR) is 48.1 cm³/mol. The van der Waals surface area contributed by atoms with Gasteiger partial charge in [-0.05, 0) is 18.6 Å². The molecule has 0 amide bonds. The largest absolute Gasteiger partial charge is 0.372 e. The normalized spacial score (nSPS) is 9.08. The van der Waals surface area contributed by atoms with Crippen molar-refractivity contribution in [1.82, 2.24) is 4.98 Å². The van der Waals surface area contributed by atoms with E-state index in [0.29, 0.717) is 5.15 Å². The van der Waals surface area contributed by atoms with Crippen molar-refractivity contribution in [2.24, 2.45) is 0 Å². The molecule has 0 aliphatic rings. The van der Waals surface area contributed by atoms with Crippen molar-refractivity contribution in [1.29, 1.82) is 5.26 Å². The average Bonchev–Trinajstić information content (AvgIpc) is 2.07. The predicted octanol–water partition coefficient (Wildman–Crippen LogP) is 1.98. The minimum absolute atomic E-state index is 0.279. The third kappa shape index (κ3) is 2.11. The van der Waals surface area contributed by atoms with Gasteiger partial charge in [0.1, 0.15) is 11.7 Å². The lowest BCUT2D eigenvalue weighted by atomic mass is 10.2. The van der Waals surface area contributed by atoms with Crippen LogP contribution >= 0.6 is 11.6 Å². The first-order chi connectivity index (χ1) is 5.74. The van der Waals surface area contributed by atoms with E-state index in [4.69, 9.17) is 16.9 Å². The van der Waals surface area contributed by atoms with Gasteiger partial charge in [0, 0.05) is 11.9 Å². The van der Waals surface area contributed by atoms with Crippen molar-refractivity contribution < 1.29 is 0 Å². The van der Waals surface area contributed by atoms with Crippen LogP contribution in [0.2, 0.25) is 5.15 Å². The molecular weight excluding hydrogens is 174 g/mol. The lowest BCUT2D eigenvalue weighted by Crippen LogP contribution is -2.00. The van der Waals surface area contributed by atoms with E-state index in [9.17, 15) is 0 Å². The van der Waals surface area contributed by atoms with Gasteiger partial charge in [-0.25, -0.2) is 4.98 Å². The van der Waals surface area contributed by atoms with Crippen LogP contribution in [-0.4, -0.2) is 11.5 Å². The molecule has 1 heterocycles. The second kappa shape index (κ2) is 3.93. The van der Waals surface area contributed by atoms with E-state index in [1.807, 2.05) is 13.0 Å². The smallest absolute Gasteiger partial charge is 0.131 e. The van der Waals surface area contributed by atoms with Crippen LogP contribution in [0, 0.1) is 18.3 Å². The molecule has 1 aromatic heterocycles. The van der Waals surface area contributed by atoms with Crippen LogP contribution in [0.25, 0.3) is 0 Å². The van der Waals surface area contributed by atoms with Crippen molar-refractivity contribution in [3.8, 4) is 6.07 Å². The first kappa shape index (κ1) is 8.82. The third-order valence-corrected chi connectivity index (χ3v) is 1.63. The molecule has 1 aromatic rings. The Morgan fingerprint density at radius 3 is 3.17 bits per heavy atom. The lowest BCUT2D eigenvalue weighted by Gasteiger charge is -2.04. The van der Waals surface area contributed by atoms with Crippen LogP contribution in [0.15, 0.2) is 12.3 Å². The summed E-state index contributed by atoms with van der Waals surface area (Å²) in [5.41, 5.74) is 1.84. The summed E-state index contributed by atoms with van der Waals surface area (Å²) >= 11 is 5.66. The maximum Gasteiger partial charge on any atom is 0.131 e. The molecule has 0 atom stereocenters. The summed E-state index contributed by atoms with van der Waals surface area (Å²) < 4.78 is 0. The Morgan fingerprint density at radius 2 is 2.50 bits per heavy atom. The van der Waals surface area contributed by atoms with E-state index in [1.54, 1.807) is 12.3 Å². The second-order valence-corrected chi connectivity index (χ2v) is 2.72. The van der Waals surface area contributed by atoms with E-state index in [0.717, 1.165) is 11.3 Å². The second-order valence-electron chi connectivity index (χ2n) is 2.33.